The summed E-state index contributed by atoms with van der Waals surface area (Å²) in [4.78, 5) is 34.9. The van der Waals surface area contributed by atoms with Crippen LogP contribution in [-0.2, 0) is 14.3 Å². The molecule has 1 N–H and O–H groups in total. The Bertz CT molecular complexity index is 702. The first kappa shape index (κ1) is 23.4. The Labute approximate surface area is 164 Å². The second kappa shape index (κ2) is 9.01. The van der Waals surface area contributed by atoms with Crippen LogP contribution in [0.3, 0.4) is 0 Å². The van der Waals surface area contributed by atoms with Gasteiger partial charge in [0.15, 0.2) is 6.04 Å². The molecule has 9 heteroatoms. The summed E-state index contributed by atoms with van der Waals surface area (Å²) in [5.41, 5.74) is -1.43. The van der Waals surface area contributed by atoms with Crippen molar-refractivity contribution in [3.63, 3.8) is 0 Å². The number of non-ortho nitro benzene ring substituents is 1. The normalized spacial score (nSPS) is 14.0. The van der Waals surface area contributed by atoms with Crippen molar-refractivity contribution in [3.8, 4) is 5.75 Å². The predicted octanol–water partition coefficient (Wildman–Crippen LogP) is 3.60. The number of hydrogen-bond donors (Lipinski definition) is 1. The molecule has 1 amide bonds. The van der Waals surface area contributed by atoms with Gasteiger partial charge in [-0.3, -0.25) is 10.1 Å². The molecule has 156 valence electrons. The Morgan fingerprint density at radius 3 is 2.00 bits per heavy atom. The van der Waals surface area contributed by atoms with Crippen LogP contribution in [0.4, 0.5) is 10.5 Å². The molecule has 28 heavy (non-hydrogen) atoms. The minimum atomic E-state index is -1.11. The number of nitro benzene ring substituents is 1. The van der Waals surface area contributed by atoms with Crippen LogP contribution in [0.1, 0.15) is 48.5 Å². The Morgan fingerprint density at radius 2 is 1.57 bits per heavy atom. The van der Waals surface area contributed by atoms with Gasteiger partial charge in [0.2, 0.25) is 0 Å². The fourth-order valence-corrected chi connectivity index (χ4v) is 2.26. The van der Waals surface area contributed by atoms with E-state index in [1.54, 1.807) is 27.7 Å². The largest absolute Gasteiger partial charge is 0.458 e. The second-order valence-electron chi connectivity index (χ2n) is 8.23. The van der Waals surface area contributed by atoms with Gasteiger partial charge in [-0.1, -0.05) is 0 Å². The van der Waals surface area contributed by atoms with Crippen LogP contribution in [0, 0.1) is 10.1 Å². The van der Waals surface area contributed by atoms with E-state index in [9.17, 15) is 19.7 Å². The first-order valence-corrected chi connectivity index (χ1v) is 8.81. The fourth-order valence-electron chi connectivity index (χ4n) is 2.26. The van der Waals surface area contributed by atoms with E-state index in [1.165, 1.54) is 24.3 Å². The topological polar surface area (TPSA) is 117 Å². The quantitative estimate of drug-likeness (QED) is 0.443. The number of carbonyl (C=O) groups is 2. The lowest BCUT2D eigenvalue weighted by Gasteiger charge is -2.31. The summed E-state index contributed by atoms with van der Waals surface area (Å²) in [6, 6.07) is 3.88. The smallest absolute Gasteiger partial charge is 0.413 e. The number of hydrogen-bond acceptors (Lipinski definition) is 7. The summed E-state index contributed by atoms with van der Waals surface area (Å²) >= 11 is 0. The summed E-state index contributed by atoms with van der Waals surface area (Å²) in [6.45, 7) is 12.3. The Kier molecular flexibility index (Phi) is 7.51. The zero-order valence-electron chi connectivity index (χ0n) is 17.3. The van der Waals surface area contributed by atoms with E-state index >= 15 is 0 Å². The van der Waals surface area contributed by atoms with Crippen molar-refractivity contribution in [1.82, 2.24) is 5.32 Å². The predicted molar refractivity (Wildman–Crippen MR) is 102 cm³/mol. The third-order valence-corrected chi connectivity index (χ3v) is 3.20. The molecule has 0 aliphatic heterocycles. The highest BCUT2D eigenvalue weighted by Gasteiger charge is 2.34. The number of ether oxygens (including phenoxy) is 3. The SMILES string of the molecule is C[C@H](OC(C)(C)C)[C@H](NC(=O)Oc1ccc([N+](=O)[O-])cc1)C(=O)OC(C)(C)C. The van der Waals surface area contributed by atoms with E-state index in [0.29, 0.717) is 0 Å². The maximum Gasteiger partial charge on any atom is 0.413 e. The molecule has 0 unspecified atom stereocenters. The molecule has 0 bridgehead atoms. The van der Waals surface area contributed by atoms with E-state index in [0.717, 1.165) is 0 Å². The summed E-state index contributed by atoms with van der Waals surface area (Å²) in [7, 11) is 0. The molecule has 0 saturated heterocycles. The maximum atomic E-state index is 12.5. The zero-order chi connectivity index (χ0) is 21.7. The van der Waals surface area contributed by atoms with Crippen LogP contribution in [0.15, 0.2) is 24.3 Å². The monoisotopic (exact) mass is 396 g/mol. The van der Waals surface area contributed by atoms with E-state index in [1.807, 2.05) is 20.8 Å². The second-order valence-corrected chi connectivity index (χ2v) is 8.23. The van der Waals surface area contributed by atoms with Gasteiger partial charge < -0.3 is 19.5 Å². The molecule has 0 heterocycles. The zero-order valence-corrected chi connectivity index (χ0v) is 17.3. The van der Waals surface area contributed by atoms with Gasteiger partial charge in [0.25, 0.3) is 5.69 Å². The van der Waals surface area contributed by atoms with Crippen molar-refractivity contribution in [2.45, 2.75) is 71.8 Å². The molecule has 2 atom stereocenters. The number of rotatable bonds is 6. The number of amides is 1. The summed E-state index contributed by atoms with van der Waals surface area (Å²) in [5, 5.41) is 13.1. The van der Waals surface area contributed by atoms with Gasteiger partial charge in [0.1, 0.15) is 11.4 Å². The Balaban J connectivity index is 2.89. The molecule has 1 rings (SSSR count). The lowest BCUT2D eigenvalue weighted by atomic mass is 10.1. The van der Waals surface area contributed by atoms with Gasteiger partial charge >= 0.3 is 12.1 Å². The van der Waals surface area contributed by atoms with Crippen molar-refractivity contribution in [1.29, 1.82) is 0 Å². The van der Waals surface area contributed by atoms with Crippen LogP contribution < -0.4 is 10.1 Å². The molecule has 0 aromatic heterocycles. The van der Waals surface area contributed by atoms with Crippen molar-refractivity contribution in [3.05, 3.63) is 34.4 Å². The highest BCUT2D eigenvalue weighted by Crippen LogP contribution is 2.19. The van der Waals surface area contributed by atoms with Crippen LogP contribution in [0.5, 0.6) is 5.75 Å². The number of carbonyl (C=O) groups excluding carboxylic acids is 2. The molecule has 1 aromatic rings. The van der Waals surface area contributed by atoms with Gasteiger partial charge in [-0.25, -0.2) is 9.59 Å². The lowest BCUT2D eigenvalue weighted by Crippen LogP contribution is -2.53. The number of esters is 1. The van der Waals surface area contributed by atoms with Gasteiger partial charge in [-0.05, 0) is 60.6 Å². The van der Waals surface area contributed by atoms with Gasteiger partial charge in [0, 0.05) is 12.1 Å². The van der Waals surface area contributed by atoms with Crippen molar-refractivity contribution in [2.24, 2.45) is 0 Å². The van der Waals surface area contributed by atoms with Crippen molar-refractivity contribution in [2.75, 3.05) is 0 Å². The van der Waals surface area contributed by atoms with Gasteiger partial charge in [-0.15, -0.1) is 0 Å². The number of benzene rings is 1. The highest BCUT2D eigenvalue weighted by atomic mass is 16.6. The molecule has 1 aromatic carbocycles. The summed E-state index contributed by atoms with van der Waals surface area (Å²) < 4.78 is 16.3. The molecular formula is C19H28N2O7. The fraction of sp³-hybridized carbons (Fsp3) is 0.579. The first-order valence-electron chi connectivity index (χ1n) is 8.81. The molecule has 0 aliphatic rings. The average molecular weight is 396 g/mol. The minimum absolute atomic E-state index is 0.0930. The lowest BCUT2D eigenvalue weighted by molar-refractivity contribution is -0.384. The molecule has 0 aliphatic carbocycles. The third-order valence-electron chi connectivity index (χ3n) is 3.20. The van der Waals surface area contributed by atoms with E-state index in [2.05, 4.69) is 5.32 Å². The molecular weight excluding hydrogens is 368 g/mol. The molecule has 0 radical (unpaired) electrons. The Hall–Kier alpha value is -2.68. The first-order chi connectivity index (χ1) is 12.7. The third kappa shape index (κ3) is 8.34. The van der Waals surface area contributed by atoms with Crippen LogP contribution in [0.25, 0.3) is 0 Å². The maximum absolute atomic E-state index is 12.5. The number of nitrogens with zero attached hydrogens (tertiary/aromatic N) is 1. The highest BCUT2D eigenvalue weighted by molar-refractivity contribution is 5.83. The Morgan fingerprint density at radius 1 is 1.04 bits per heavy atom. The van der Waals surface area contributed by atoms with Crippen LogP contribution >= 0.6 is 0 Å². The molecule has 9 nitrogen and oxygen atoms in total. The summed E-state index contributed by atoms with van der Waals surface area (Å²) in [6.07, 6.45) is -1.60. The van der Waals surface area contributed by atoms with Gasteiger partial charge in [-0.2, -0.15) is 0 Å². The van der Waals surface area contributed by atoms with Crippen LogP contribution in [0.2, 0.25) is 0 Å². The van der Waals surface area contributed by atoms with Crippen molar-refractivity contribution >= 4 is 17.7 Å². The van der Waals surface area contributed by atoms with Gasteiger partial charge in [0.05, 0.1) is 16.6 Å². The summed E-state index contributed by atoms with van der Waals surface area (Å²) in [5.74, 6) is -0.569. The molecule has 0 saturated carbocycles. The van der Waals surface area contributed by atoms with Crippen molar-refractivity contribution < 1.29 is 28.7 Å². The van der Waals surface area contributed by atoms with E-state index in [4.69, 9.17) is 14.2 Å². The van der Waals surface area contributed by atoms with Crippen LogP contribution in [-0.4, -0.2) is 40.3 Å². The molecule has 0 spiro atoms. The molecule has 0 fully saturated rings. The standard InChI is InChI=1S/C19H28N2O7/c1-12(27-18(2,3)4)15(16(22)28-19(5,6)7)20-17(23)26-14-10-8-13(9-11-14)21(24)25/h8-12,15H,1-7H3,(H,20,23)/t12-,15-/m0/s1. The number of nitro groups is 1. The van der Waals surface area contributed by atoms with E-state index < -0.39 is 40.3 Å². The number of nitrogens with one attached hydrogen (secondary N) is 1. The minimum Gasteiger partial charge on any atom is -0.458 e. The average Bonchev–Trinajstić information content (AvgIpc) is 2.49. The van der Waals surface area contributed by atoms with E-state index in [-0.39, 0.29) is 11.4 Å².